The summed E-state index contributed by atoms with van der Waals surface area (Å²) in [5, 5.41) is 3.30. The van der Waals surface area contributed by atoms with E-state index in [1.807, 2.05) is 17.7 Å². The van der Waals surface area contributed by atoms with Gasteiger partial charge >= 0.3 is 0 Å². The number of fused-ring (bicyclic) bond motifs is 1. The van der Waals surface area contributed by atoms with Gasteiger partial charge in [-0.1, -0.05) is 0 Å². The summed E-state index contributed by atoms with van der Waals surface area (Å²) in [5.74, 6) is 0.150. The van der Waals surface area contributed by atoms with Crippen molar-refractivity contribution < 1.29 is 4.79 Å². The topological polar surface area (TPSA) is 34.0 Å². The maximum absolute atomic E-state index is 11.2. The van der Waals surface area contributed by atoms with Crippen molar-refractivity contribution in [3.8, 4) is 0 Å². The van der Waals surface area contributed by atoms with E-state index in [4.69, 9.17) is 0 Å². The third kappa shape index (κ3) is 1.29. The molecule has 1 N–H and O–H groups in total. The molecule has 0 unspecified atom stereocenters. The molecule has 0 saturated carbocycles. The molecule has 13 heavy (non-hydrogen) atoms. The van der Waals surface area contributed by atoms with Gasteiger partial charge < -0.3 is 9.88 Å². The molecule has 70 valence electrons. The molecule has 1 aliphatic heterocycles. The largest absolute Gasteiger partial charge is 0.345 e. The number of carbonyl (C=O) groups is 1. The summed E-state index contributed by atoms with van der Waals surface area (Å²) in [6, 6.07) is 2.00. The molecule has 1 aromatic rings. The lowest BCUT2D eigenvalue weighted by atomic mass is 10.1. The molecule has 2 rings (SSSR count). The Bertz CT molecular complexity index is 352. The summed E-state index contributed by atoms with van der Waals surface area (Å²) in [6.07, 6.45) is 1.03. The maximum atomic E-state index is 11.2. The highest BCUT2D eigenvalue weighted by molar-refractivity contribution is 5.93. The average molecular weight is 178 g/mol. The Morgan fingerprint density at radius 2 is 2.38 bits per heavy atom. The van der Waals surface area contributed by atoms with Gasteiger partial charge in [0.2, 0.25) is 0 Å². The number of hydrogen-bond donors (Lipinski definition) is 1. The predicted octanol–water partition coefficient (Wildman–Crippen LogP) is 0.873. The lowest BCUT2D eigenvalue weighted by molar-refractivity contribution is 0.101. The maximum Gasteiger partial charge on any atom is 0.176 e. The first-order chi connectivity index (χ1) is 6.20. The van der Waals surface area contributed by atoms with Gasteiger partial charge in [0.1, 0.15) is 0 Å². The van der Waals surface area contributed by atoms with Gasteiger partial charge in [0, 0.05) is 39.2 Å². The predicted molar refractivity (Wildman–Crippen MR) is 50.8 cm³/mol. The molecule has 0 fully saturated rings. The van der Waals surface area contributed by atoms with Crippen LogP contribution in [0.4, 0.5) is 0 Å². The van der Waals surface area contributed by atoms with Crippen molar-refractivity contribution in [2.75, 3.05) is 6.54 Å². The Morgan fingerprint density at radius 1 is 1.62 bits per heavy atom. The highest BCUT2D eigenvalue weighted by atomic mass is 16.1. The molecule has 0 atom stereocenters. The lowest BCUT2D eigenvalue weighted by Crippen LogP contribution is -2.24. The molecule has 0 amide bonds. The van der Waals surface area contributed by atoms with Crippen LogP contribution in [0.2, 0.25) is 0 Å². The second kappa shape index (κ2) is 3.00. The van der Waals surface area contributed by atoms with Gasteiger partial charge in [-0.3, -0.25) is 4.79 Å². The van der Waals surface area contributed by atoms with Crippen molar-refractivity contribution in [3.63, 3.8) is 0 Å². The van der Waals surface area contributed by atoms with Crippen LogP contribution < -0.4 is 5.32 Å². The van der Waals surface area contributed by atoms with Crippen molar-refractivity contribution in [2.24, 2.45) is 7.05 Å². The molecule has 0 bridgehead atoms. The third-order valence-electron chi connectivity index (χ3n) is 2.66. The molecule has 1 aliphatic rings. The van der Waals surface area contributed by atoms with E-state index in [2.05, 4.69) is 5.32 Å². The van der Waals surface area contributed by atoms with E-state index in [1.165, 1.54) is 11.3 Å². The van der Waals surface area contributed by atoms with Gasteiger partial charge in [-0.2, -0.15) is 0 Å². The Balaban J connectivity index is 2.50. The molecular weight excluding hydrogens is 164 g/mol. The van der Waals surface area contributed by atoms with Crippen molar-refractivity contribution in [1.29, 1.82) is 0 Å². The minimum Gasteiger partial charge on any atom is -0.345 e. The van der Waals surface area contributed by atoms with Crippen molar-refractivity contribution in [1.82, 2.24) is 9.88 Å². The normalized spacial score (nSPS) is 15.5. The molecule has 0 spiro atoms. The monoisotopic (exact) mass is 178 g/mol. The fourth-order valence-corrected chi connectivity index (χ4v) is 1.95. The molecule has 3 heteroatoms. The van der Waals surface area contributed by atoms with E-state index in [0.717, 1.165) is 25.2 Å². The summed E-state index contributed by atoms with van der Waals surface area (Å²) in [7, 11) is 1.97. The highest BCUT2D eigenvalue weighted by Crippen LogP contribution is 2.18. The fraction of sp³-hybridized carbons (Fsp3) is 0.500. The smallest absolute Gasteiger partial charge is 0.176 e. The van der Waals surface area contributed by atoms with E-state index in [-0.39, 0.29) is 5.78 Å². The summed E-state index contributed by atoms with van der Waals surface area (Å²) >= 11 is 0. The van der Waals surface area contributed by atoms with Crippen LogP contribution in [0.15, 0.2) is 6.07 Å². The molecule has 2 heterocycles. The number of carbonyl (C=O) groups excluding carboxylic acids is 1. The quantitative estimate of drug-likeness (QED) is 0.647. The summed E-state index contributed by atoms with van der Waals surface area (Å²) in [5.41, 5.74) is 3.41. The second-order valence-corrected chi connectivity index (χ2v) is 3.54. The zero-order valence-corrected chi connectivity index (χ0v) is 8.05. The van der Waals surface area contributed by atoms with Crippen LogP contribution in [-0.4, -0.2) is 16.9 Å². The van der Waals surface area contributed by atoms with Crippen LogP contribution in [0.5, 0.6) is 0 Å². The number of aromatic nitrogens is 1. The van der Waals surface area contributed by atoms with Gasteiger partial charge in [-0.05, 0) is 11.6 Å². The number of hydrogen-bond acceptors (Lipinski definition) is 2. The van der Waals surface area contributed by atoms with E-state index in [9.17, 15) is 4.79 Å². The van der Waals surface area contributed by atoms with Gasteiger partial charge in [0.25, 0.3) is 0 Å². The van der Waals surface area contributed by atoms with Crippen LogP contribution in [0.3, 0.4) is 0 Å². The molecule has 1 aromatic heterocycles. The zero-order chi connectivity index (χ0) is 9.42. The van der Waals surface area contributed by atoms with E-state index >= 15 is 0 Å². The first kappa shape index (κ1) is 8.51. The Kier molecular flexibility index (Phi) is 1.96. The highest BCUT2D eigenvalue weighted by Gasteiger charge is 2.17. The molecular formula is C10H14N2O. The van der Waals surface area contributed by atoms with Crippen LogP contribution in [0.25, 0.3) is 0 Å². The standard InChI is InChI=1S/C10H14N2O/c1-7(13)10-5-8-6-11-4-3-9(8)12(10)2/h5,11H,3-4,6H2,1-2H3. The van der Waals surface area contributed by atoms with Crippen LogP contribution in [-0.2, 0) is 20.0 Å². The van der Waals surface area contributed by atoms with Gasteiger partial charge in [0.15, 0.2) is 5.78 Å². The Labute approximate surface area is 77.7 Å². The van der Waals surface area contributed by atoms with Gasteiger partial charge in [0.05, 0.1) is 5.69 Å². The first-order valence-corrected chi connectivity index (χ1v) is 4.59. The molecule has 3 nitrogen and oxygen atoms in total. The number of ketones is 1. The molecule has 0 aliphatic carbocycles. The summed E-state index contributed by atoms with van der Waals surface area (Å²) in [4.78, 5) is 11.2. The Morgan fingerprint density at radius 3 is 3.00 bits per heavy atom. The molecule has 0 saturated heterocycles. The number of nitrogens with one attached hydrogen (secondary N) is 1. The second-order valence-electron chi connectivity index (χ2n) is 3.54. The van der Waals surface area contributed by atoms with Crippen LogP contribution in [0, 0.1) is 0 Å². The third-order valence-corrected chi connectivity index (χ3v) is 2.66. The minimum atomic E-state index is 0.150. The minimum absolute atomic E-state index is 0.150. The average Bonchev–Trinajstić information content (AvgIpc) is 2.45. The molecule has 0 aromatic carbocycles. The van der Waals surface area contributed by atoms with Crippen molar-refractivity contribution in [2.45, 2.75) is 19.9 Å². The zero-order valence-electron chi connectivity index (χ0n) is 8.05. The number of Topliss-reactive ketones (excluding diaryl/α,β-unsaturated/α-hetero) is 1. The van der Waals surface area contributed by atoms with E-state index in [1.54, 1.807) is 6.92 Å². The fourth-order valence-electron chi connectivity index (χ4n) is 1.95. The van der Waals surface area contributed by atoms with Crippen molar-refractivity contribution >= 4 is 5.78 Å². The first-order valence-electron chi connectivity index (χ1n) is 4.59. The summed E-state index contributed by atoms with van der Waals surface area (Å²) < 4.78 is 2.03. The summed E-state index contributed by atoms with van der Waals surface area (Å²) in [6.45, 7) is 3.53. The number of rotatable bonds is 1. The van der Waals surface area contributed by atoms with E-state index < -0.39 is 0 Å². The number of nitrogens with zero attached hydrogens (tertiary/aromatic N) is 1. The van der Waals surface area contributed by atoms with Crippen LogP contribution >= 0.6 is 0 Å². The molecule has 0 radical (unpaired) electrons. The Hall–Kier alpha value is -1.09. The van der Waals surface area contributed by atoms with Gasteiger partial charge in [-0.25, -0.2) is 0 Å². The van der Waals surface area contributed by atoms with Gasteiger partial charge in [-0.15, -0.1) is 0 Å². The lowest BCUT2D eigenvalue weighted by Gasteiger charge is -2.14. The van der Waals surface area contributed by atoms with E-state index in [0.29, 0.717) is 0 Å². The SMILES string of the molecule is CC(=O)c1cc2c(n1C)CCNC2. The van der Waals surface area contributed by atoms with Crippen LogP contribution in [0.1, 0.15) is 28.7 Å². The van der Waals surface area contributed by atoms with Crippen molar-refractivity contribution in [3.05, 3.63) is 23.0 Å².